The Bertz CT molecular complexity index is 1570. The molecular formula is C30H20O2. The van der Waals surface area contributed by atoms with Gasteiger partial charge in [0, 0.05) is 33.4 Å². The van der Waals surface area contributed by atoms with Crippen LogP contribution >= 0.6 is 0 Å². The average Bonchev–Trinajstić information content (AvgIpc) is 3.42. The molecule has 0 fully saturated rings. The predicted octanol–water partition coefficient (Wildman–Crippen LogP) is 7.89. The van der Waals surface area contributed by atoms with Crippen molar-refractivity contribution in [3.63, 3.8) is 0 Å². The van der Waals surface area contributed by atoms with Crippen LogP contribution in [0, 0.1) is 0 Å². The van der Waals surface area contributed by atoms with Gasteiger partial charge in [-0.2, -0.15) is 0 Å². The van der Waals surface area contributed by atoms with Crippen molar-refractivity contribution in [2.24, 2.45) is 0 Å². The van der Waals surface area contributed by atoms with Gasteiger partial charge in [-0.1, -0.05) is 97.1 Å². The number of benzene rings is 4. The summed E-state index contributed by atoms with van der Waals surface area (Å²) < 4.78 is 12.8. The van der Waals surface area contributed by atoms with Gasteiger partial charge in [0.1, 0.15) is 23.0 Å². The second-order valence-electron chi connectivity index (χ2n) is 8.43. The van der Waals surface area contributed by atoms with E-state index in [1.165, 1.54) is 5.56 Å². The van der Waals surface area contributed by atoms with Crippen molar-refractivity contribution in [3.8, 4) is 28.0 Å². The summed E-state index contributed by atoms with van der Waals surface area (Å²) >= 11 is 0. The first-order valence-corrected chi connectivity index (χ1v) is 11.0. The van der Waals surface area contributed by atoms with E-state index in [4.69, 9.17) is 9.15 Å². The van der Waals surface area contributed by atoms with Crippen molar-refractivity contribution in [1.82, 2.24) is 0 Å². The molecule has 0 N–H and O–H groups in total. The minimum absolute atomic E-state index is 0.0714. The molecule has 0 amide bonds. The van der Waals surface area contributed by atoms with Crippen molar-refractivity contribution in [2.45, 2.75) is 12.0 Å². The van der Waals surface area contributed by atoms with Crippen LogP contribution in [0.4, 0.5) is 0 Å². The van der Waals surface area contributed by atoms with E-state index >= 15 is 0 Å². The molecule has 32 heavy (non-hydrogen) atoms. The van der Waals surface area contributed by atoms with Crippen LogP contribution in [0.1, 0.15) is 11.5 Å². The summed E-state index contributed by atoms with van der Waals surface area (Å²) in [4.78, 5) is 0. The third-order valence-corrected chi connectivity index (χ3v) is 6.65. The van der Waals surface area contributed by atoms with Crippen molar-refractivity contribution >= 4 is 21.9 Å². The second kappa shape index (κ2) is 6.73. The van der Waals surface area contributed by atoms with Crippen LogP contribution in [0.3, 0.4) is 0 Å². The Labute approximate surface area is 186 Å². The monoisotopic (exact) mass is 412 g/mol. The normalized spacial score (nSPS) is 18.6. The summed E-state index contributed by atoms with van der Waals surface area (Å²) in [5, 5.41) is 2.29. The van der Waals surface area contributed by atoms with E-state index in [0.29, 0.717) is 0 Å². The first-order valence-electron chi connectivity index (χ1n) is 11.0. The lowest BCUT2D eigenvalue weighted by molar-refractivity contribution is 0.270. The molecule has 1 aliphatic heterocycles. The lowest BCUT2D eigenvalue weighted by atomic mass is 9.88. The van der Waals surface area contributed by atoms with Gasteiger partial charge in [-0.05, 0) is 23.3 Å². The van der Waals surface area contributed by atoms with E-state index < -0.39 is 0 Å². The van der Waals surface area contributed by atoms with E-state index in [2.05, 4.69) is 97.1 Å². The molecule has 2 nitrogen and oxygen atoms in total. The van der Waals surface area contributed by atoms with Gasteiger partial charge in [-0.15, -0.1) is 0 Å². The fraction of sp³-hybridized carbons (Fsp3) is 0.0667. The highest BCUT2D eigenvalue weighted by molar-refractivity contribution is 6.10. The highest BCUT2D eigenvalue weighted by Crippen LogP contribution is 2.49. The maximum absolute atomic E-state index is 6.46. The summed E-state index contributed by atoms with van der Waals surface area (Å²) in [6.07, 6.45) is 8.64. The zero-order valence-electron chi connectivity index (χ0n) is 17.4. The standard InChI is InChI=1S/C30H20O2/c1-2-10-20(24-14-8-16-26-22-12-4-6-18-28(22)32-30(24)26)19(9-1)23-13-7-15-25-21-11-3-5-17-27(21)31-29(23)25/h1-18,21,27H. The van der Waals surface area contributed by atoms with Crippen molar-refractivity contribution in [1.29, 1.82) is 0 Å². The summed E-state index contributed by atoms with van der Waals surface area (Å²) in [6, 6.07) is 29.7. The predicted molar refractivity (Wildman–Crippen MR) is 130 cm³/mol. The summed E-state index contributed by atoms with van der Waals surface area (Å²) in [7, 11) is 0. The van der Waals surface area contributed by atoms with E-state index in [1.807, 2.05) is 12.1 Å². The molecule has 4 aromatic carbocycles. The Hall–Kier alpha value is -4.04. The molecular weight excluding hydrogens is 392 g/mol. The number of allylic oxidation sites excluding steroid dienone is 2. The van der Waals surface area contributed by atoms with Gasteiger partial charge in [0.15, 0.2) is 0 Å². The molecule has 2 unspecified atom stereocenters. The molecule has 0 spiro atoms. The van der Waals surface area contributed by atoms with Crippen LogP contribution in [0.15, 0.2) is 114 Å². The van der Waals surface area contributed by atoms with Gasteiger partial charge in [0.05, 0.1) is 0 Å². The molecule has 0 saturated heterocycles. The molecule has 1 aliphatic carbocycles. The molecule has 152 valence electrons. The van der Waals surface area contributed by atoms with E-state index in [9.17, 15) is 0 Å². The fourth-order valence-electron chi connectivity index (χ4n) is 5.19. The number of hydrogen-bond acceptors (Lipinski definition) is 2. The fourth-order valence-corrected chi connectivity index (χ4v) is 5.19. The van der Waals surface area contributed by atoms with Crippen LogP contribution < -0.4 is 4.74 Å². The first kappa shape index (κ1) is 17.6. The van der Waals surface area contributed by atoms with Gasteiger partial charge in [0.25, 0.3) is 0 Å². The minimum Gasteiger partial charge on any atom is -0.484 e. The van der Waals surface area contributed by atoms with Gasteiger partial charge in [-0.3, -0.25) is 0 Å². The number of rotatable bonds is 2. The maximum atomic E-state index is 6.46. The third kappa shape index (κ3) is 2.47. The first-order chi connectivity index (χ1) is 15.9. The second-order valence-corrected chi connectivity index (χ2v) is 8.43. The molecule has 2 aliphatic rings. The molecule has 1 aromatic heterocycles. The van der Waals surface area contributed by atoms with E-state index in [1.54, 1.807) is 0 Å². The van der Waals surface area contributed by atoms with Crippen LogP contribution in [-0.2, 0) is 0 Å². The van der Waals surface area contributed by atoms with Gasteiger partial charge >= 0.3 is 0 Å². The molecule has 2 heteroatoms. The molecule has 0 saturated carbocycles. The molecule has 0 radical (unpaired) electrons. The van der Waals surface area contributed by atoms with Crippen molar-refractivity contribution < 1.29 is 9.15 Å². The molecule has 5 aromatic rings. The Kier molecular flexibility index (Phi) is 3.71. The number of ether oxygens (including phenoxy) is 1. The van der Waals surface area contributed by atoms with Gasteiger partial charge < -0.3 is 9.15 Å². The van der Waals surface area contributed by atoms with Gasteiger partial charge in [0.2, 0.25) is 0 Å². The van der Waals surface area contributed by atoms with Crippen molar-refractivity contribution in [3.05, 3.63) is 115 Å². The molecule has 2 atom stereocenters. The zero-order chi connectivity index (χ0) is 21.1. The van der Waals surface area contributed by atoms with Crippen LogP contribution in [0.5, 0.6) is 5.75 Å². The van der Waals surface area contributed by atoms with Crippen LogP contribution in [-0.4, -0.2) is 6.10 Å². The summed E-state index contributed by atoms with van der Waals surface area (Å²) in [6.45, 7) is 0. The Morgan fingerprint density at radius 3 is 2.19 bits per heavy atom. The van der Waals surface area contributed by atoms with E-state index in [-0.39, 0.29) is 12.0 Å². The SMILES string of the molecule is C1=CC2Oc3c(-c4ccccc4-c4cccc5c4oc4ccccc45)cccc3C2C=C1. The average molecular weight is 412 g/mol. The van der Waals surface area contributed by atoms with Crippen LogP contribution in [0.2, 0.25) is 0 Å². The third-order valence-electron chi connectivity index (χ3n) is 6.65. The number of fused-ring (bicyclic) bond motifs is 6. The van der Waals surface area contributed by atoms with Crippen molar-refractivity contribution in [2.75, 3.05) is 0 Å². The lowest BCUT2D eigenvalue weighted by Crippen LogP contribution is -2.15. The molecule has 2 heterocycles. The number of hydrogen-bond donors (Lipinski definition) is 0. The number of para-hydroxylation sites is 3. The molecule has 7 rings (SSSR count). The number of furan rings is 1. The lowest BCUT2D eigenvalue weighted by Gasteiger charge is -2.15. The van der Waals surface area contributed by atoms with Gasteiger partial charge in [-0.25, -0.2) is 0 Å². The topological polar surface area (TPSA) is 22.4 Å². The Morgan fingerprint density at radius 2 is 1.25 bits per heavy atom. The smallest absolute Gasteiger partial charge is 0.143 e. The zero-order valence-corrected chi connectivity index (χ0v) is 17.4. The summed E-state index contributed by atoms with van der Waals surface area (Å²) in [5.74, 6) is 1.27. The highest BCUT2D eigenvalue weighted by atomic mass is 16.5. The Morgan fingerprint density at radius 1 is 0.562 bits per heavy atom. The molecule has 0 bridgehead atoms. The highest BCUT2D eigenvalue weighted by Gasteiger charge is 2.34. The minimum atomic E-state index is 0.0714. The summed E-state index contributed by atoms with van der Waals surface area (Å²) in [5.41, 5.74) is 7.63. The van der Waals surface area contributed by atoms with Crippen LogP contribution in [0.25, 0.3) is 44.2 Å². The maximum Gasteiger partial charge on any atom is 0.143 e. The largest absolute Gasteiger partial charge is 0.484 e. The quantitative estimate of drug-likeness (QED) is 0.294. The van der Waals surface area contributed by atoms with E-state index in [0.717, 1.165) is 49.9 Å². The Balaban J connectivity index is 1.47.